The molecule has 0 aromatic rings. The number of amides is 2. The van der Waals surface area contributed by atoms with Crippen molar-refractivity contribution in [3.8, 4) is 0 Å². The third kappa shape index (κ3) is 3.67. The quantitative estimate of drug-likeness (QED) is 0.696. The molecule has 6 nitrogen and oxygen atoms in total. The number of nitrogens with zero attached hydrogens (tertiary/aromatic N) is 3. The summed E-state index contributed by atoms with van der Waals surface area (Å²) in [6.45, 7) is 7.13. The van der Waals surface area contributed by atoms with Gasteiger partial charge < -0.3 is 20.0 Å². The lowest BCUT2D eigenvalue weighted by atomic mass is 10.1. The normalized spacial score (nSPS) is 25.5. The van der Waals surface area contributed by atoms with Gasteiger partial charge in [-0.05, 0) is 7.05 Å². The van der Waals surface area contributed by atoms with Crippen LogP contribution in [0.25, 0.3) is 0 Å². The van der Waals surface area contributed by atoms with Gasteiger partial charge in [-0.1, -0.05) is 0 Å². The van der Waals surface area contributed by atoms with Crippen LogP contribution in [0, 0.1) is 0 Å². The van der Waals surface area contributed by atoms with Gasteiger partial charge in [-0.3, -0.25) is 9.59 Å². The molecule has 0 spiro atoms. The summed E-state index contributed by atoms with van der Waals surface area (Å²) in [5, 5.41) is 3.33. The summed E-state index contributed by atoms with van der Waals surface area (Å²) in [5.41, 5.74) is 0. The maximum absolute atomic E-state index is 12.3. The Morgan fingerprint density at radius 3 is 2.32 bits per heavy atom. The molecule has 0 aliphatic carbocycles. The van der Waals surface area contributed by atoms with Gasteiger partial charge in [-0.15, -0.1) is 0 Å². The Morgan fingerprint density at radius 1 is 1.11 bits per heavy atom. The van der Waals surface area contributed by atoms with Gasteiger partial charge in [0.2, 0.25) is 11.8 Å². The number of hydrogen-bond acceptors (Lipinski definition) is 4. The Labute approximate surface area is 114 Å². The first-order chi connectivity index (χ1) is 9.08. The van der Waals surface area contributed by atoms with E-state index in [0.29, 0.717) is 38.6 Å². The van der Waals surface area contributed by atoms with Crippen LogP contribution < -0.4 is 5.32 Å². The van der Waals surface area contributed by atoms with Gasteiger partial charge in [0.1, 0.15) is 0 Å². The zero-order valence-electron chi connectivity index (χ0n) is 11.9. The molecule has 2 aliphatic rings. The van der Waals surface area contributed by atoms with E-state index in [1.165, 1.54) is 0 Å². The van der Waals surface area contributed by atoms with Gasteiger partial charge in [0.25, 0.3) is 0 Å². The van der Waals surface area contributed by atoms with Crippen LogP contribution in [0.4, 0.5) is 0 Å². The molecular weight excluding hydrogens is 244 g/mol. The maximum atomic E-state index is 12.3. The highest BCUT2D eigenvalue weighted by atomic mass is 16.2. The van der Waals surface area contributed by atoms with Crippen molar-refractivity contribution in [1.29, 1.82) is 0 Å². The predicted octanol–water partition coefficient (Wildman–Crippen LogP) is -1.03. The zero-order chi connectivity index (χ0) is 13.8. The number of hydrogen-bond donors (Lipinski definition) is 1. The topological polar surface area (TPSA) is 55.9 Å². The zero-order valence-corrected chi connectivity index (χ0v) is 11.9. The summed E-state index contributed by atoms with van der Waals surface area (Å²) in [6.07, 6.45) is 0.573. The second kappa shape index (κ2) is 6.34. The highest BCUT2D eigenvalue weighted by Crippen LogP contribution is 2.10. The van der Waals surface area contributed by atoms with Crippen LogP contribution in [0.5, 0.6) is 0 Å². The number of nitrogens with one attached hydrogen (secondary N) is 1. The van der Waals surface area contributed by atoms with Crippen LogP contribution in [0.3, 0.4) is 0 Å². The lowest BCUT2D eigenvalue weighted by molar-refractivity contribution is -0.139. The maximum Gasteiger partial charge on any atom is 0.224 e. The number of carbonyl (C=O) groups excluding carboxylic acids is 2. The molecule has 0 saturated carbocycles. The molecule has 0 bridgehead atoms. The van der Waals surface area contributed by atoms with E-state index >= 15 is 0 Å². The van der Waals surface area contributed by atoms with Crippen LogP contribution in [0.15, 0.2) is 0 Å². The first kappa shape index (κ1) is 14.3. The highest BCUT2D eigenvalue weighted by molar-refractivity contribution is 5.78. The van der Waals surface area contributed by atoms with Gasteiger partial charge in [-0.2, -0.15) is 0 Å². The van der Waals surface area contributed by atoms with E-state index in [1.807, 2.05) is 4.90 Å². The summed E-state index contributed by atoms with van der Waals surface area (Å²) in [5.74, 6) is 0.312. The second-order valence-electron chi connectivity index (χ2n) is 5.43. The lowest BCUT2D eigenvalue weighted by Gasteiger charge is -2.37. The largest absolute Gasteiger partial charge is 0.339 e. The van der Waals surface area contributed by atoms with Crippen molar-refractivity contribution in [3.63, 3.8) is 0 Å². The van der Waals surface area contributed by atoms with E-state index in [9.17, 15) is 9.59 Å². The summed E-state index contributed by atoms with van der Waals surface area (Å²) in [7, 11) is 2.08. The third-order valence-corrected chi connectivity index (χ3v) is 4.13. The molecule has 2 heterocycles. The van der Waals surface area contributed by atoms with E-state index in [-0.39, 0.29) is 11.8 Å². The molecular formula is C13H24N4O2. The standard InChI is InChI=1S/C13H24N4O2/c1-11(18)16-5-7-17(8-6-16)13(19)9-12-10-14-3-4-15(12)2/h12,14H,3-10H2,1-2H3. The Bertz CT molecular complexity index is 340. The van der Waals surface area contributed by atoms with Crippen LogP contribution in [-0.4, -0.2) is 85.4 Å². The first-order valence-corrected chi connectivity index (χ1v) is 7.02. The van der Waals surface area contributed by atoms with Gasteiger partial charge in [0, 0.05) is 65.2 Å². The van der Waals surface area contributed by atoms with Crippen LogP contribution in [0.1, 0.15) is 13.3 Å². The summed E-state index contributed by atoms with van der Waals surface area (Å²) >= 11 is 0. The number of likely N-dealkylation sites (N-methyl/N-ethyl adjacent to an activating group) is 1. The monoisotopic (exact) mass is 268 g/mol. The fourth-order valence-corrected chi connectivity index (χ4v) is 2.69. The molecule has 19 heavy (non-hydrogen) atoms. The molecule has 2 amide bonds. The summed E-state index contributed by atoms with van der Waals surface area (Å²) in [4.78, 5) is 29.4. The molecule has 108 valence electrons. The Kier molecular flexibility index (Phi) is 4.76. The average molecular weight is 268 g/mol. The molecule has 2 rings (SSSR count). The number of piperazine rings is 2. The van der Waals surface area contributed by atoms with E-state index < -0.39 is 0 Å². The van der Waals surface area contributed by atoms with Crippen LogP contribution >= 0.6 is 0 Å². The number of carbonyl (C=O) groups is 2. The minimum atomic E-state index is 0.100. The molecule has 0 aromatic heterocycles. The molecule has 6 heteroatoms. The minimum Gasteiger partial charge on any atom is -0.339 e. The second-order valence-corrected chi connectivity index (χ2v) is 5.43. The van der Waals surface area contributed by atoms with Crippen LogP contribution in [0.2, 0.25) is 0 Å². The smallest absolute Gasteiger partial charge is 0.224 e. The fraction of sp³-hybridized carbons (Fsp3) is 0.846. The third-order valence-electron chi connectivity index (χ3n) is 4.13. The molecule has 1 N–H and O–H groups in total. The van der Waals surface area contributed by atoms with Crippen molar-refractivity contribution >= 4 is 11.8 Å². The molecule has 1 unspecified atom stereocenters. The first-order valence-electron chi connectivity index (χ1n) is 7.02. The van der Waals surface area contributed by atoms with E-state index in [2.05, 4.69) is 17.3 Å². The minimum absolute atomic E-state index is 0.100. The van der Waals surface area contributed by atoms with Crippen molar-refractivity contribution in [2.24, 2.45) is 0 Å². The van der Waals surface area contributed by atoms with Crippen molar-refractivity contribution < 1.29 is 9.59 Å². The van der Waals surface area contributed by atoms with E-state index in [1.54, 1.807) is 11.8 Å². The fourth-order valence-electron chi connectivity index (χ4n) is 2.69. The van der Waals surface area contributed by atoms with Gasteiger partial charge in [-0.25, -0.2) is 0 Å². The predicted molar refractivity (Wildman–Crippen MR) is 72.7 cm³/mol. The Morgan fingerprint density at radius 2 is 1.74 bits per heavy atom. The van der Waals surface area contributed by atoms with E-state index in [0.717, 1.165) is 19.6 Å². The summed E-state index contributed by atoms with van der Waals surface area (Å²) in [6, 6.07) is 0.298. The van der Waals surface area contributed by atoms with Crippen LogP contribution in [-0.2, 0) is 9.59 Å². The van der Waals surface area contributed by atoms with E-state index in [4.69, 9.17) is 0 Å². The SMILES string of the molecule is CC(=O)N1CCN(C(=O)CC2CNCCN2C)CC1. The summed E-state index contributed by atoms with van der Waals surface area (Å²) < 4.78 is 0. The molecule has 2 saturated heterocycles. The highest BCUT2D eigenvalue weighted by Gasteiger charge is 2.26. The molecule has 0 radical (unpaired) electrons. The lowest BCUT2D eigenvalue weighted by Crippen LogP contribution is -2.54. The molecule has 2 aliphatic heterocycles. The van der Waals surface area contributed by atoms with Crippen molar-refractivity contribution in [3.05, 3.63) is 0 Å². The van der Waals surface area contributed by atoms with Crippen molar-refractivity contribution in [2.75, 3.05) is 52.9 Å². The molecule has 1 atom stereocenters. The van der Waals surface area contributed by atoms with Gasteiger partial charge >= 0.3 is 0 Å². The van der Waals surface area contributed by atoms with Gasteiger partial charge in [0.05, 0.1) is 0 Å². The van der Waals surface area contributed by atoms with Crippen molar-refractivity contribution in [1.82, 2.24) is 20.0 Å². The number of rotatable bonds is 2. The Balaban J connectivity index is 1.79. The molecule has 2 fully saturated rings. The Hall–Kier alpha value is -1.14. The average Bonchev–Trinajstić information content (AvgIpc) is 2.41. The molecule has 0 aromatic carbocycles. The van der Waals surface area contributed by atoms with Gasteiger partial charge in [0.15, 0.2) is 0 Å². The van der Waals surface area contributed by atoms with Crippen molar-refractivity contribution in [2.45, 2.75) is 19.4 Å².